The normalized spacial score (nSPS) is 18.1. The SMILES string of the molecule is C=CNc1c(C)c(C(=C)c2ccc(N3CCC4(CC3)CC(N3CCCC3c3ccccc3C(C)C)C4)cc2Cc2cc3c(F)c[nH]c3nc2CC)cc(N)c1NCCCCC(C)CCC. The number of nitrogens with zero attached hydrogens (tertiary/aromatic N) is 3. The van der Waals surface area contributed by atoms with Gasteiger partial charge in [-0.3, -0.25) is 4.90 Å². The molecule has 0 radical (unpaired) electrons. The van der Waals surface area contributed by atoms with Crippen molar-refractivity contribution < 1.29 is 4.39 Å². The van der Waals surface area contributed by atoms with E-state index in [9.17, 15) is 0 Å². The van der Waals surface area contributed by atoms with Gasteiger partial charge in [-0.1, -0.05) is 104 Å². The zero-order valence-corrected chi connectivity index (χ0v) is 40.4. The topological polar surface area (TPSA) is 85.2 Å². The summed E-state index contributed by atoms with van der Waals surface area (Å²) in [7, 11) is 0. The first-order chi connectivity index (χ1) is 31.4. The first kappa shape index (κ1) is 46.4. The number of aromatic nitrogens is 2. The van der Waals surface area contributed by atoms with Gasteiger partial charge in [-0.2, -0.15) is 0 Å². The molecule has 5 N–H and O–H groups in total. The van der Waals surface area contributed by atoms with Gasteiger partial charge in [0.05, 0.1) is 22.4 Å². The Morgan fingerprint density at radius 1 is 0.985 bits per heavy atom. The van der Waals surface area contributed by atoms with Gasteiger partial charge >= 0.3 is 0 Å². The summed E-state index contributed by atoms with van der Waals surface area (Å²) in [6.07, 6.45) is 18.2. The van der Waals surface area contributed by atoms with Crippen LogP contribution in [-0.2, 0) is 12.8 Å². The van der Waals surface area contributed by atoms with E-state index in [4.69, 9.17) is 17.3 Å². The number of rotatable bonds is 19. The van der Waals surface area contributed by atoms with Crippen molar-refractivity contribution in [2.75, 3.05) is 47.4 Å². The van der Waals surface area contributed by atoms with Crippen molar-refractivity contribution in [1.82, 2.24) is 14.9 Å². The number of nitrogens with one attached hydrogen (secondary N) is 3. The summed E-state index contributed by atoms with van der Waals surface area (Å²) in [4.78, 5) is 13.4. The van der Waals surface area contributed by atoms with Crippen LogP contribution in [0.1, 0.15) is 162 Å². The Morgan fingerprint density at radius 2 is 1.77 bits per heavy atom. The molecule has 1 spiro atoms. The van der Waals surface area contributed by atoms with Crippen LogP contribution in [0.5, 0.6) is 0 Å². The Hall–Kier alpha value is -5.08. The van der Waals surface area contributed by atoms with Gasteiger partial charge in [-0.15, -0.1) is 0 Å². The minimum atomic E-state index is -0.274. The lowest BCUT2D eigenvalue weighted by Crippen LogP contribution is -2.55. The monoisotopic (exact) mass is 878 g/mol. The van der Waals surface area contributed by atoms with Crippen molar-refractivity contribution in [3.05, 3.63) is 131 Å². The van der Waals surface area contributed by atoms with Gasteiger partial charge in [-0.25, -0.2) is 9.37 Å². The maximum absolute atomic E-state index is 15.1. The van der Waals surface area contributed by atoms with Gasteiger partial charge in [0.2, 0.25) is 0 Å². The largest absolute Gasteiger partial charge is 0.397 e. The van der Waals surface area contributed by atoms with Gasteiger partial charge in [0.15, 0.2) is 0 Å². The molecular formula is C57H76FN7. The van der Waals surface area contributed by atoms with Crippen LogP contribution in [0.4, 0.5) is 27.1 Å². The van der Waals surface area contributed by atoms with E-state index in [2.05, 4.69) is 122 Å². The second kappa shape index (κ2) is 20.2. The smallest absolute Gasteiger partial charge is 0.150 e. The Morgan fingerprint density at radius 3 is 2.51 bits per heavy atom. The summed E-state index contributed by atoms with van der Waals surface area (Å²) >= 11 is 0. The average Bonchev–Trinajstić information content (AvgIpc) is 3.93. The molecule has 4 heterocycles. The molecule has 3 aromatic carbocycles. The molecule has 0 amide bonds. The fourth-order valence-corrected chi connectivity index (χ4v) is 11.9. The number of aromatic amines is 1. The fraction of sp³-hybridized carbons (Fsp3) is 0.491. The molecule has 3 fully saturated rings. The quantitative estimate of drug-likeness (QED) is 0.0488. The molecule has 3 aliphatic rings. The molecule has 5 aromatic rings. The van der Waals surface area contributed by atoms with E-state index < -0.39 is 0 Å². The highest BCUT2D eigenvalue weighted by atomic mass is 19.1. The van der Waals surface area contributed by atoms with Crippen molar-refractivity contribution in [3.63, 3.8) is 0 Å². The van der Waals surface area contributed by atoms with Gasteiger partial charge < -0.3 is 26.3 Å². The summed E-state index contributed by atoms with van der Waals surface area (Å²) in [5, 5.41) is 7.62. The minimum absolute atomic E-state index is 0.274. The van der Waals surface area contributed by atoms with Gasteiger partial charge in [0, 0.05) is 49.3 Å². The van der Waals surface area contributed by atoms with E-state index in [0.717, 1.165) is 88.9 Å². The highest BCUT2D eigenvalue weighted by molar-refractivity contribution is 5.93. The number of nitrogen functional groups attached to an aromatic ring is 1. The van der Waals surface area contributed by atoms with Crippen molar-refractivity contribution in [2.24, 2.45) is 11.3 Å². The second-order valence-corrected chi connectivity index (χ2v) is 20.3. The molecule has 1 aliphatic carbocycles. The summed E-state index contributed by atoms with van der Waals surface area (Å²) in [6, 6.07) is 21.4. The molecule has 0 bridgehead atoms. The fourth-order valence-electron chi connectivity index (χ4n) is 11.9. The molecule has 2 saturated heterocycles. The molecular weight excluding hydrogens is 802 g/mol. The average molecular weight is 878 g/mol. The van der Waals surface area contributed by atoms with Crippen molar-refractivity contribution in [2.45, 2.75) is 143 Å². The van der Waals surface area contributed by atoms with Gasteiger partial charge in [0.25, 0.3) is 0 Å². The van der Waals surface area contributed by atoms with Crippen molar-refractivity contribution in [3.8, 4) is 0 Å². The Balaban J connectivity index is 1.03. The second-order valence-electron chi connectivity index (χ2n) is 20.3. The molecule has 2 aromatic heterocycles. The number of likely N-dealkylation sites (tertiary alicyclic amines) is 1. The number of anilines is 4. The Kier molecular flexibility index (Phi) is 14.4. The first-order valence-electron chi connectivity index (χ1n) is 25.1. The minimum Gasteiger partial charge on any atom is -0.397 e. The summed E-state index contributed by atoms with van der Waals surface area (Å²) < 4.78 is 15.1. The first-order valence-corrected chi connectivity index (χ1v) is 25.1. The van der Waals surface area contributed by atoms with E-state index in [-0.39, 0.29) is 5.82 Å². The van der Waals surface area contributed by atoms with E-state index in [1.54, 1.807) is 11.8 Å². The van der Waals surface area contributed by atoms with Crippen LogP contribution < -0.4 is 21.3 Å². The molecule has 346 valence electrons. The molecule has 8 heteroatoms. The van der Waals surface area contributed by atoms with Crippen LogP contribution in [-0.4, -0.2) is 47.1 Å². The number of fused-ring (bicyclic) bond motifs is 1. The van der Waals surface area contributed by atoms with Gasteiger partial charge in [-0.05, 0) is 163 Å². The van der Waals surface area contributed by atoms with Crippen molar-refractivity contribution in [1.29, 1.82) is 0 Å². The van der Waals surface area contributed by atoms with E-state index in [0.29, 0.717) is 46.6 Å². The zero-order chi connectivity index (χ0) is 45.8. The van der Waals surface area contributed by atoms with Crippen molar-refractivity contribution >= 4 is 39.4 Å². The number of hydrogen-bond acceptors (Lipinski definition) is 6. The Labute approximate surface area is 389 Å². The Bertz CT molecular complexity index is 2470. The highest BCUT2D eigenvalue weighted by Crippen LogP contribution is 2.54. The highest BCUT2D eigenvalue weighted by Gasteiger charge is 2.50. The van der Waals surface area contributed by atoms with Crippen LogP contribution in [0, 0.1) is 24.1 Å². The predicted molar refractivity (Wildman–Crippen MR) is 275 cm³/mol. The third-order valence-electron chi connectivity index (χ3n) is 15.6. The maximum atomic E-state index is 15.1. The van der Waals surface area contributed by atoms with Crippen LogP contribution in [0.15, 0.2) is 80.2 Å². The maximum Gasteiger partial charge on any atom is 0.150 e. The third kappa shape index (κ3) is 9.75. The predicted octanol–water partition coefficient (Wildman–Crippen LogP) is 14.1. The number of nitrogens with two attached hydrogens (primary N) is 1. The molecule has 8 rings (SSSR count). The molecule has 7 nitrogen and oxygen atoms in total. The lowest BCUT2D eigenvalue weighted by Gasteiger charge is -2.56. The van der Waals surface area contributed by atoms with Crippen LogP contribution in [0.3, 0.4) is 0 Å². The number of benzene rings is 3. The van der Waals surface area contributed by atoms with Crippen LogP contribution >= 0.6 is 0 Å². The molecule has 2 atom stereocenters. The van der Waals surface area contributed by atoms with Crippen LogP contribution in [0.25, 0.3) is 16.6 Å². The lowest BCUT2D eigenvalue weighted by molar-refractivity contribution is -0.0227. The zero-order valence-electron chi connectivity index (χ0n) is 40.4. The van der Waals surface area contributed by atoms with Gasteiger partial charge in [0.1, 0.15) is 11.5 Å². The summed E-state index contributed by atoms with van der Waals surface area (Å²) in [5.74, 6) is 1.03. The molecule has 1 saturated carbocycles. The number of halogens is 1. The van der Waals surface area contributed by atoms with E-state index in [1.165, 1.54) is 88.2 Å². The number of H-pyrrole nitrogens is 1. The summed E-state index contributed by atoms with van der Waals surface area (Å²) in [5.41, 5.74) is 22.0. The number of pyridine rings is 1. The molecule has 2 unspecified atom stereocenters. The number of aryl methyl sites for hydroxylation is 1. The standard InChI is InChI=1S/C57H76FN7/c1-9-17-38(6)18-14-15-26-61-55-51(59)33-48(40(8)54(55)60-11-3)39(7)46-23-22-43(31-41(46)30-42-32-49-50(58)36-62-56(49)63-52(42)10-2)64-28-24-57(25-29-64)34-44(35-57)65-27-16-21-53(65)47-20-13-12-19-45(47)37(4)5/h11-13,19-20,22-23,31-33,36-38,44,53,60-61H,3,7,9-10,14-18,21,24-30,34-35,59H2,1-2,4-6,8H3,(H,62,63). The lowest BCUT2D eigenvalue weighted by atomic mass is 9.59. The molecule has 2 aliphatic heterocycles. The van der Waals surface area contributed by atoms with E-state index >= 15 is 4.39 Å². The van der Waals surface area contributed by atoms with E-state index in [1.807, 2.05) is 6.07 Å². The number of hydrogen-bond donors (Lipinski definition) is 4. The third-order valence-corrected chi connectivity index (χ3v) is 15.6. The summed E-state index contributed by atoms with van der Waals surface area (Å²) in [6.45, 7) is 26.5. The number of piperidine rings is 1. The van der Waals surface area contributed by atoms with Crippen LogP contribution in [0.2, 0.25) is 0 Å². The number of unbranched alkanes of at least 4 members (excludes halogenated alkanes) is 1. The molecule has 65 heavy (non-hydrogen) atoms.